The highest BCUT2D eigenvalue weighted by atomic mass is 19.2. The molecule has 0 bridgehead atoms. The van der Waals surface area contributed by atoms with Gasteiger partial charge < -0.3 is 0 Å². The molecule has 0 aliphatic heterocycles. The maximum absolute atomic E-state index is 14.6. The largest absolute Gasteiger partial charge is 0.206 e. The van der Waals surface area contributed by atoms with Gasteiger partial charge in [-0.15, -0.1) is 0 Å². The summed E-state index contributed by atoms with van der Waals surface area (Å²) in [5.41, 5.74) is 2.27. The van der Waals surface area contributed by atoms with Crippen LogP contribution in [-0.2, 0) is 0 Å². The molecule has 0 saturated heterocycles. The molecule has 3 rings (SSSR count). The van der Waals surface area contributed by atoms with Crippen LogP contribution in [0.3, 0.4) is 0 Å². The molecule has 1 unspecified atom stereocenters. The zero-order valence-electron chi connectivity index (χ0n) is 14.0. The number of hydrogen-bond acceptors (Lipinski definition) is 0. The molecule has 0 radical (unpaired) electrons. The van der Waals surface area contributed by atoms with Crippen LogP contribution in [0.15, 0.2) is 36.4 Å². The van der Waals surface area contributed by atoms with Crippen LogP contribution < -0.4 is 0 Å². The molecule has 0 heterocycles. The Balaban J connectivity index is 1.94. The molecule has 2 aromatic rings. The second kappa shape index (κ2) is 6.84. The Labute approximate surface area is 141 Å². The first-order chi connectivity index (χ1) is 11.5. The number of allylic oxidation sites excluding steroid dienone is 2. The van der Waals surface area contributed by atoms with Crippen LogP contribution in [0.2, 0.25) is 0 Å². The van der Waals surface area contributed by atoms with Crippen molar-refractivity contribution in [3.05, 3.63) is 65.0 Å². The van der Waals surface area contributed by atoms with Crippen molar-refractivity contribution in [1.82, 2.24) is 0 Å². The van der Waals surface area contributed by atoms with Crippen LogP contribution in [0.1, 0.15) is 43.7 Å². The van der Waals surface area contributed by atoms with Crippen molar-refractivity contribution in [2.24, 2.45) is 5.92 Å². The van der Waals surface area contributed by atoms with Crippen LogP contribution in [0.5, 0.6) is 0 Å². The fourth-order valence-corrected chi connectivity index (χ4v) is 3.32. The van der Waals surface area contributed by atoms with E-state index in [1.54, 1.807) is 12.1 Å². The zero-order valence-corrected chi connectivity index (χ0v) is 14.0. The summed E-state index contributed by atoms with van der Waals surface area (Å²) in [7, 11) is 0. The van der Waals surface area contributed by atoms with E-state index < -0.39 is 11.6 Å². The van der Waals surface area contributed by atoms with Gasteiger partial charge in [0.05, 0.1) is 0 Å². The summed E-state index contributed by atoms with van der Waals surface area (Å²) >= 11 is 0. The number of hydrogen-bond donors (Lipinski definition) is 0. The zero-order chi connectivity index (χ0) is 17.3. The van der Waals surface area contributed by atoms with Gasteiger partial charge >= 0.3 is 0 Å². The highest BCUT2D eigenvalue weighted by Gasteiger charge is 2.18. The maximum Gasteiger partial charge on any atom is 0.166 e. The molecule has 0 fully saturated rings. The van der Waals surface area contributed by atoms with E-state index in [9.17, 15) is 13.2 Å². The molecule has 2 aromatic carbocycles. The predicted octanol–water partition coefficient (Wildman–Crippen LogP) is 6.67. The summed E-state index contributed by atoms with van der Waals surface area (Å²) in [6, 6.07) is 7.65. The van der Waals surface area contributed by atoms with Gasteiger partial charge in [-0.1, -0.05) is 43.7 Å². The van der Waals surface area contributed by atoms with E-state index in [0.717, 1.165) is 31.3 Å². The van der Waals surface area contributed by atoms with Gasteiger partial charge in [0.15, 0.2) is 11.6 Å². The van der Waals surface area contributed by atoms with Crippen molar-refractivity contribution in [3.63, 3.8) is 0 Å². The average molecular weight is 330 g/mol. The molecule has 0 saturated carbocycles. The number of halogens is 3. The lowest BCUT2D eigenvalue weighted by Gasteiger charge is -2.21. The number of rotatable bonds is 3. The van der Waals surface area contributed by atoms with Crippen LogP contribution in [0.25, 0.3) is 16.7 Å². The van der Waals surface area contributed by atoms with Crippen LogP contribution in [0, 0.1) is 30.3 Å². The minimum Gasteiger partial charge on any atom is -0.206 e. The summed E-state index contributed by atoms with van der Waals surface area (Å²) < 4.78 is 42.4. The Kier molecular flexibility index (Phi) is 4.79. The highest BCUT2D eigenvalue weighted by Crippen LogP contribution is 2.35. The van der Waals surface area contributed by atoms with Crippen molar-refractivity contribution in [3.8, 4) is 11.1 Å². The monoisotopic (exact) mass is 330 g/mol. The van der Waals surface area contributed by atoms with E-state index in [4.69, 9.17) is 0 Å². The summed E-state index contributed by atoms with van der Waals surface area (Å²) in [6.07, 6.45) is 6.17. The van der Waals surface area contributed by atoms with E-state index in [2.05, 4.69) is 13.0 Å². The van der Waals surface area contributed by atoms with Crippen LogP contribution in [-0.4, -0.2) is 0 Å². The van der Waals surface area contributed by atoms with E-state index in [0.29, 0.717) is 17.0 Å². The van der Waals surface area contributed by atoms with Gasteiger partial charge in [0.25, 0.3) is 0 Å². The molecule has 3 heteroatoms. The van der Waals surface area contributed by atoms with Gasteiger partial charge in [0.2, 0.25) is 0 Å². The molecular weight excluding hydrogens is 309 g/mol. The molecule has 24 heavy (non-hydrogen) atoms. The average Bonchev–Trinajstić information content (AvgIpc) is 2.60. The fraction of sp³-hybridized carbons (Fsp3) is 0.333. The van der Waals surface area contributed by atoms with Crippen LogP contribution >= 0.6 is 0 Å². The van der Waals surface area contributed by atoms with Gasteiger partial charge in [0.1, 0.15) is 5.82 Å². The Morgan fingerprint density at radius 1 is 1.00 bits per heavy atom. The van der Waals surface area contributed by atoms with Crippen molar-refractivity contribution in [2.45, 2.75) is 39.5 Å². The Morgan fingerprint density at radius 3 is 2.38 bits per heavy atom. The normalized spacial score (nSPS) is 17.7. The fourth-order valence-electron chi connectivity index (χ4n) is 3.32. The van der Waals surface area contributed by atoms with Crippen molar-refractivity contribution >= 4 is 5.57 Å². The van der Waals surface area contributed by atoms with Gasteiger partial charge in [-0.05, 0) is 54.9 Å². The second-order valence-corrected chi connectivity index (χ2v) is 6.53. The SMILES string of the molecule is CCC1CC=C(c2ccc(-c3ccc(C)c(F)c3F)cc2F)CC1. The smallest absolute Gasteiger partial charge is 0.166 e. The van der Waals surface area contributed by atoms with E-state index in [-0.39, 0.29) is 16.9 Å². The lowest BCUT2D eigenvalue weighted by Crippen LogP contribution is -2.05. The molecule has 0 nitrogen and oxygen atoms in total. The highest BCUT2D eigenvalue weighted by molar-refractivity contribution is 5.72. The van der Waals surface area contributed by atoms with Crippen LogP contribution in [0.4, 0.5) is 13.2 Å². The molecular formula is C21H21F3. The molecule has 0 spiro atoms. The molecule has 1 atom stereocenters. The summed E-state index contributed by atoms with van der Waals surface area (Å²) in [6.45, 7) is 3.68. The topological polar surface area (TPSA) is 0 Å². The Hall–Kier alpha value is -2.03. The predicted molar refractivity (Wildman–Crippen MR) is 92.1 cm³/mol. The molecule has 0 amide bonds. The standard InChI is InChI=1S/C21H21F3/c1-3-14-5-7-15(8-6-14)17-11-9-16(12-19(17)22)18-10-4-13(2)20(23)21(18)24/h4,7,9-12,14H,3,5-6,8H2,1-2H3. The number of aryl methyl sites for hydroxylation is 1. The molecule has 1 aliphatic rings. The third-order valence-electron chi connectivity index (χ3n) is 5.00. The van der Waals surface area contributed by atoms with E-state index >= 15 is 0 Å². The van der Waals surface area contributed by atoms with Crippen molar-refractivity contribution in [2.75, 3.05) is 0 Å². The van der Waals surface area contributed by atoms with Gasteiger partial charge in [-0.25, -0.2) is 13.2 Å². The molecule has 126 valence electrons. The first-order valence-corrected chi connectivity index (χ1v) is 8.45. The van der Waals surface area contributed by atoms with Gasteiger partial charge in [-0.3, -0.25) is 0 Å². The maximum atomic E-state index is 14.6. The van der Waals surface area contributed by atoms with E-state index in [1.165, 1.54) is 25.1 Å². The lowest BCUT2D eigenvalue weighted by atomic mass is 9.85. The first-order valence-electron chi connectivity index (χ1n) is 8.45. The minimum absolute atomic E-state index is 0.0900. The first kappa shape index (κ1) is 16.8. The van der Waals surface area contributed by atoms with Gasteiger partial charge in [0, 0.05) is 11.1 Å². The minimum atomic E-state index is -0.926. The summed E-state index contributed by atoms with van der Waals surface area (Å²) in [5, 5.41) is 0. The van der Waals surface area contributed by atoms with E-state index in [1.807, 2.05) is 0 Å². The summed E-state index contributed by atoms with van der Waals surface area (Å²) in [5.74, 6) is -1.50. The lowest BCUT2D eigenvalue weighted by molar-refractivity contribution is 0.470. The molecule has 0 aromatic heterocycles. The van der Waals surface area contributed by atoms with Crippen molar-refractivity contribution < 1.29 is 13.2 Å². The second-order valence-electron chi connectivity index (χ2n) is 6.53. The molecule has 1 aliphatic carbocycles. The number of benzene rings is 2. The third kappa shape index (κ3) is 3.12. The Morgan fingerprint density at radius 2 is 1.75 bits per heavy atom. The Bertz CT molecular complexity index is 790. The molecule has 0 N–H and O–H groups in total. The van der Waals surface area contributed by atoms with Gasteiger partial charge in [-0.2, -0.15) is 0 Å². The summed E-state index contributed by atoms with van der Waals surface area (Å²) in [4.78, 5) is 0. The van der Waals surface area contributed by atoms with Crippen molar-refractivity contribution in [1.29, 1.82) is 0 Å². The quantitative estimate of drug-likeness (QED) is 0.589. The third-order valence-corrected chi connectivity index (χ3v) is 5.00.